The minimum Gasteiger partial charge on any atom is -0.390 e. The molecule has 66 valence electrons. The lowest BCUT2D eigenvalue weighted by atomic mass is 10.2. The standard InChI is InChI=1S/C8H19N3/c1-6(9-3)8(11-5)7(2)10-4/h6,9-11H,1-5H3. The summed E-state index contributed by atoms with van der Waals surface area (Å²) in [6.45, 7) is 4.17. The van der Waals surface area contributed by atoms with Crippen LogP contribution in [0.4, 0.5) is 0 Å². The molecular weight excluding hydrogens is 138 g/mol. The SMILES string of the molecule is CNC(C)=C(NC)C(C)NC. The van der Waals surface area contributed by atoms with E-state index in [0.29, 0.717) is 6.04 Å². The molecule has 1 atom stereocenters. The maximum Gasteiger partial charge on any atom is 0.0463 e. The minimum atomic E-state index is 0.368. The first-order chi connectivity index (χ1) is 5.17. The number of allylic oxidation sites excluding steroid dienone is 1. The summed E-state index contributed by atoms with van der Waals surface area (Å²) in [4.78, 5) is 0. The minimum absolute atomic E-state index is 0.368. The zero-order chi connectivity index (χ0) is 8.85. The van der Waals surface area contributed by atoms with Gasteiger partial charge in [-0.25, -0.2) is 0 Å². The van der Waals surface area contributed by atoms with Crippen molar-refractivity contribution in [2.45, 2.75) is 19.9 Å². The maximum atomic E-state index is 3.17. The molecule has 0 rings (SSSR count). The van der Waals surface area contributed by atoms with Crippen LogP contribution in [-0.2, 0) is 0 Å². The monoisotopic (exact) mass is 157 g/mol. The highest BCUT2D eigenvalue weighted by Crippen LogP contribution is 2.00. The van der Waals surface area contributed by atoms with Crippen molar-refractivity contribution in [3.8, 4) is 0 Å². The quantitative estimate of drug-likeness (QED) is 0.548. The van der Waals surface area contributed by atoms with E-state index in [0.717, 1.165) is 0 Å². The first kappa shape index (κ1) is 10.3. The third-order valence-electron chi connectivity index (χ3n) is 1.91. The van der Waals surface area contributed by atoms with Gasteiger partial charge in [0.1, 0.15) is 0 Å². The molecule has 0 aromatic carbocycles. The molecule has 3 N–H and O–H groups in total. The molecule has 3 nitrogen and oxygen atoms in total. The summed E-state index contributed by atoms with van der Waals surface area (Å²) in [7, 11) is 5.81. The predicted octanol–water partition coefficient (Wildman–Crippen LogP) is 0.265. The lowest BCUT2D eigenvalue weighted by Crippen LogP contribution is -2.32. The molecule has 0 fully saturated rings. The molecule has 3 heteroatoms. The van der Waals surface area contributed by atoms with Crippen molar-refractivity contribution in [3.05, 3.63) is 11.4 Å². The predicted molar refractivity (Wildman–Crippen MR) is 49.3 cm³/mol. The fourth-order valence-electron chi connectivity index (χ4n) is 1.01. The summed E-state index contributed by atoms with van der Waals surface area (Å²) in [6, 6.07) is 0.368. The average molecular weight is 157 g/mol. The van der Waals surface area contributed by atoms with Gasteiger partial charge in [-0.05, 0) is 20.9 Å². The molecule has 0 spiro atoms. The first-order valence-corrected chi connectivity index (χ1v) is 3.90. The molecule has 0 aliphatic heterocycles. The van der Waals surface area contributed by atoms with Crippen molar-refractivity contribution in [3.63, 3.8) is 0 Å². The average Bonchev–Trinajstić information content (AvgIpc) is 2.05. The zero-order valence-corrected chi connectivity index (χ0v) is 8.08. The van der Waals surface area contributed by atoms with Crippen molar-refractivity contribution >= 4 is 0 Å². The molecule has 0 amide bonds. The van der Waals surface area contributed by atoms with Crippen molar-refractivity contribution in [2.24, 2.45) is 0 Å². The van der Waals surface area contributed by atoms with E-state index >= 15 is 0 Å². The Morgan fingerprint density at radius 1 is 1.09 bits per heavy atom. The Labute approximate surface area is 69.3 Å². The number of hydrogen-bond donors (Lipinski definition) is 3. The van der Waals surface area contributed by atoms with Gasteiger partial charge >= 0.3 is 0 Å². The van der Waals surface area contributed by atoms with Crippen LogP contribution < -0.4 is 16.0 Å². The molecule has 0 aliphatic carbocycles. The van der Waals surface area contributed by atoms with Crippen LogP contribution in [0, 0.1) is 0 Å². The van der Waals surface area contributed by atoms with Crippen molar-refractivity contribution < 1.29 is 0 Å². The lowest BCUT2D eigenvalue weighted by Gasteiger charge is -2.17. The molecule has 0 aromatic rings. The highest BCUT2D eigenvalue weighted by molar-refractivity contribution is 5.13. The summed E-state index contributed by atoms with van der Waals surface area (Å²) in [6.07, 6.45) is 0. The van der Waals surface area contributed by atoms with Crippen LogP contribution in [-0.4, -0.2) is 27.2 Å². The molecule has 0 saturated heterocycles. The van der Waals surface area contributed by atoms with Crippen LogP contribution in [0.3, 0.4) is 0 Å². The van der Waals surface area contributed by atoms with E-state index in [1.165, 1.54) is 11.4 Å². The van der Waals surface area contributed by atoms with E-state index in [1.54, 1.807) is 0 Å². The van der Waals surface area contributed by atoms with Crippen LogP contribution >= 0.6 is 0 Å². The number of rotatable bonds is 4. The molecule has 0 heterocycles. The molecule has 0 aliphatic rings. The Morgan fingerprint density at radius 3 is 1.91 bits per heavy atom. The van der Waals surface area contributed by atoms with E-state index in [1.807, 2.05) is 21.1 Å². The van der Waals surface area contributed by atoms with Gasteiger partial charge in [-0.1, -0.05) is 0 Å². The second-order valence-electron chi connectivity index (χ2n) is 2.55. The van der Waals surface area contributed by atoms with Gasteiger partial charge in [-0.3, -0.25) is 0 Å². The van der Waals surface area contributed by atoms with Crippen LogP contribution in [0.2, 0.25) is 0 Å². The second-order valence-corrected chi connectivity index (χ2v) is 2.55. The Hall–Kier alpha value is -0.700. The Balaban J connectivity index is 4.36. The smallest absolute Gasteiger partial charge is 0.0463 e. The molecule has 0 saturated carbocycles. The van der Waals surface area contributed by atoms with Crippen molar-refractivity contribution in [1.82, 2.24) is 16.0 Å². The number of nitrogens with one attached hydrogen (secondary N) is 3. The topological polar surface area (TPSA) is 36.1 Å². The van der Waals surface area contributed by atoms with E-state index in [2.05, 4.69) is 29.8 Å². The van der Waals surface area contributed by atoms with E-state index < -0.39 is 0 Å². The Morgan fingerprint density at radius 2 is 1.64 bits per heavy atom. The van der Waals surface area contributed by atoms with Gasteiger partial charge in [-0.2, -0.15) is 0 Å². The van der Waals surface area contributed by atoms with Gasteiger partial charge in [0.15, 0.2) is 0 Å². The highest BCUT2D eigenvalue weighted by Gasteiger charge is 2.06. The largest absolute Gasteiger partial charge is 0.390 e. The summed E-state index contributed by atoms with van der Waals surface area (Å²) in [5, 5.41) is 9.44. The van der Waals surface area contributed by atoms with Crippen LogP contribution in [0.1, 0.15) is 13.8 Å². The van der Waals surface area contributed by atoms with Gasteiger partial charge < -0.3 is 16.0 Å². The molecule has 11 heavy (non-hydrogen) atoms. The number of likely N-dealkylation sites (N-methyl/N-ethyl adjacent to an activating group) is 2. The Bertz CT molecular complexity index is 140. The van der Waals surface area contributed by atoms with Crippen LogP contribution in [0.15, 0.2) is 11.4 Å². The van der Waals surface area contributed by atoms with E-state index in [-0.39, 0.29) is 0 Å². The highest BCUT2D eigenvalue weighted by atomic mass is 15.0. The van der Waals surface area contributed by atoms with E-state index in [9.17, 15) is 0 Å². The molecule has 0 aromatic heterocycles. The third kappa shape index (κ3) is 2.80. The zero-order valence-electron chi connectivity index (χ0n) is 8.08. The van der Waals surface area contributed by atoms with Gasteiger partial charge in [0.25, 0.3) is 0 Å². The molecule has 0 bridgehead atoms. The van der Waals surface area contributed by atoms with Crippen LogP contribution in [0.25, 0.3) is 0 Å². The fraction of sp³-hybridized carbons (Fsp3) is 0.750. The lowest BCUT2D eigenvalue weighted by molar-refractivity contribution is 0.633. The molecule has 0 radical (unpaired) electrons. The summed E-state index contributed by atoms with van der Waals surface area (Å²) < 4.78 is 0. The van der Waals surface area contributed by atoms with Crippen molar-refractivity contribution in [2.75, 3.05) is 21.1 Å². The summed E-state index contributed by atoms with van der Waals surface area (Å²) in [5.74, 6) is 0. The molecular formula is C8H19N3. The summed E-state index contributed by atoms with van der Waals surface area (Å²) >= 11 is 0. The van der Waals surface area contributed by atoms with Gasteiger partial charge in [0.2, 0.25) is 0 Å². The van der Waals surface area contributed by atoms with Crippen LogP contribution in [0.5, 0.6) is 0 Å². The normalized spacial score (nSPS) is 15.4. The molecule has 1 unspecified atom stereocenters. The van der Waals surface area contributed by atoms with Gasteiger partial charge in [0, 0.05) is 31.5 Å². The second kappa shape index (κ2) is 5.02. The van der Waals surface area contributed by atoms with Gasteiger partial charge in [-0.15, -0.1) is 0 Å². The Kier molecular flexibility index (Phi) is 4.70. The fourth-order valence-corrected chi connectivity index (χ4v) is 1.01. The van der Waals surface area contributed by atoms with Gasteiger partial charge in [0.05, 0.1) is 0 Å². The number of hydrogen-bond acceptors (Lipinski definition) is 3. The third-order valence-corrected chi connectivity index (χ3v) is 1.91. The summed E-state index contributed by atoms with van der Waals surface area (Å²) in [5.41, 5.74) is 2.38. The first-order valence-electron chi connectivity index (χ1n) is 3.90. The van der Waals surface area contributed by atoms with E-state index in [4.69, 9.17) is 0 Å². The maximum absolute atomic E-state index is 3.17. The van der Waals surface area contributed by atoms with Crippen molar-refractivity contribution in [1.29, 1.82) is 0 Å².